The molecule has 0 radical (unpaired) electrons. The zero-order valence-corrected chi connectivity index (χ0v) is 14.2. The van der Waals surface area contributed by atoms with Crippen molar-refractivity contribution in [3.05, 3.63) is 35.4 Å². The molecule has 22 heavy (non-hydrogen) atoms. The van der Waals surface area contributed by atoms with Gasteiger partial charge in [-0.25, -0.2) is 0 Å². The molecular formula is C18H28N2O2. The highest BCUT2D eigenvalue weighted by Gasteiger charge is 2.31. The van der Waals surface area contributed by atoms with Crippen LogP contribution in [-0.2, 0) is 16.0 Å². The van der Waals surface area contributed by atoms with Gasteiger partial charge in [0.1, 0.15) is 0 Å². The van der Waals surface area contributed by atoms with E-state index in [1.807, 2.05) is 17.0 Å². The number of amides is 1. The van der Waals surface area contributed by atoms with Gasteiger partial charge in [0.2, 0.25) is 5.91 Å². The monoisotopic (exact) mass is 304 g/mol. The van der Waals surface area contributed by atoms with E-state index in [4.69, 9.17) is 4.74 Å². The van der Waals surface area contributed by atoms with Crippen LogP contribution in [0.15, 0.2) is 24.3 Å². The zero-order valence-electron chi connectivity index (χ0n) is 14.2. The first-order valence-electron chi connectivity index (χ1n) is 8.09. The fraction of sp³-hybridized carbons (Fsp3) is 0.611. The average Bonchev–Trinajstić information content (AvgIpc) is 2.46. The number of hydrogen-bond acceptors (Lipinski definition) is 3. The second kappa shape index (κ2) is 7.75. The number of rotatable bonds is 5. The Kier molecular flexibility index (Phi) is 5.98. The summed E-state index contributed by atoms with van der Waals surface area (Å²) >= 11 is 0. The first-order chi connectivity index (χ1) is 10.5. The number of carbonyl (C=O) groups is 1. The molecule has 2 unspecified atom stereocenters. The van der Waals surface area contributed by atoms with Crippen molar-refractivity contribution in [3.63, 3.8) is 0 Å². The van der Waals surface area contributed by atoms with Gasteiger partial charge in [-0.1, -0.05) is 29.8 Å². The van der Waals surface area contributed by atoms with Crippen LogP contribution in [0.1, 0.15) is 25.0 Å². The highest BCUT2D eigenvalue weighted by molar-refractivity contribution is 5.79. The van der Waals surface area contributed by atoms with Crippen molar-refractivity contribution in [2.45, 2.75) is 39.3 Å². The Hall–Kier alpha value is -1.39. The minimum Gasteiger partial charge on any atom is -0.383 e. The Bertz CT molecular complexity index is 492. The SMILES string of the molecule is COCCN1C(C)CN(C(=O)Cc2cccc(C)c2)CC1C. The number of piperazine rings is 1. The number of ether oxygens (including phenoxy) is 1. The number of methoxy groups -OCH3 is 1. The van der Waals surface area contributed by atoms with Crippen LogP contribution < -0.4 is 0 Å². The number of aryl methyl sites for hydroxylation is 1. The summed E-state index contributed by atoms with van der Waals surface area (Å²) in [5.41, 5.74) is 2.31. The van der Waals surface area contributed by atoms with Gasteiger partial charge in [0.15, 0.2) is 0 Å². The first kappa shape index (κ1) is 17.0. The van der Waals surface area contributed by atoms with Gasteiger partial charge in [-0.2, -0.15) is 0 Å². The van der Waals surface area contributed by atoms with Crippen LogP contribution in [0.4, 0.5) is 0 Å². The van der Waals surface area contributed by atoms with Gasteiger partial charge in [0, 0.05) is 38.8 Å². The summed E-state index contributed by atoms with van der Waals surface area (Å²) in [6.45, 7) is 9.73. The van der Waals surface area contributed by atoms with E-state index >= 15 is 0 Å². The van der Waals surface area contributed by atoms with E-state index in [1.54, 1.807) is 7.11 Å². The van der Waals surface area contributed by atoms with Gasteiger partial charge in [0.25, 0.3) is 0 Å². The van der Waals surface area contributed by atoms with Crippen molar-refractivity contribution < 1.29 is 9.53 Å². The van der Waals surface area contributed by atoms with Crippen molar-refractivity contribution in [3.8, 4) is 0 Å². The molecule has 0 spiro atoms. The molecule has 2 rings (SSSR count). The zero-order chi connectivity index (χ0) is 16.1. The lowest BCUT2D eigenvalue weighted by Gasteiger charge is -2.44. The molecule has 122 valence electrons. The summed E-state index contributed by atoms with van der Waals surface area (Å²) < 4.78 is 5.18. The maximum absolute atomic E-state index is 12.6. The van der Waals surface area contributed by atoms with Crippen LogP contribution in [0.25, 0.3) is 0 Å². The maximum Gasteiger partial charge on any atom is 0.227 e. The molecule has 0 N–H and O–H groups in total. The van der Waals surface area contributed by atoms with E-state index in [0.29, 0.717) is 18.5 Å². The highest BCUT2D eigenvalue weighted by Crippen LogP contribution is 2.17. The summed E-state index contributed by atoms with van der Waals surface area (Å²) in [6.07, 6.45) is 0.499. The summed E-state index contributed by atoms with van der Waals surface area (Å²) in [6, 6.07) is 8.96. The minimum atomic E-state index is 0.232. The smallest absolute Gasteiger partial charge is 0.227 e. The predicted octanol–water partition coefficient (Wildman–Crippen LogP) is 2.11. The molecule has 1 aromatic carbocycles. The normalized spacial score (nSPS) is 22.8. The second-order valence-electron chi connectivity index (χ2n) is 6.39. The van der Waals surface area contributed by atoms with E-state index < -0.39 is 0 Å². The molecule has 1 aliphatic heterocycles. The summed E-state index contributed by atoms with van der Waals surface area (Å²) in [7, 11) is 1.73. The van der Waals surface area contributed by atoms with Crippen LogP contribution >= 0.6 is 0 Å². The Morgan fingerprint density at radius 2 is 1.95 bits per heavy atom. The van der Waals surface area contributed by atoms with Crippen LogP contribution in [0, 0.1) is 6.92 Å². The molecule has 1 heterocycles. The third-order valence-corrected chi connectivity index (χ3v) is 4.45. The topological polar surface area (TPSA) is 32.8 Å². The molecule has 4 nitrogen and oxygen atoms in total. The predicted molar refractivity (Wildman–Crippen MR) is 89.0 cm³/mol. The third-order valence-electron chi connectivity index (χ3n) is 4.45. The summed E-state index contributed by atoms with van der Waals surface area (Å²) in [4.78, 5) is 17.0. The van der Waals surface area contributed by atoms with Crippen molar-refractivity contribution in [1.82, 2.24) is 9.80 Å². The van der Waals surface area contributed by atoms with Crippen molar-refractivity contribution >= 4 is 5.91 Å². The lowest BCUT2D eigenvalue weighted by Crippen LogP contribution is -2.58. The van der Waals surface area contributed by atoms with Crippen molar-refractivity contribution in [2.24, 2.45) is 0 Å². The number of nitrogens with zero attached hydrogens (tertiary/aromatic N) is 2. The standard InChI is InChI=1S/C18H28N2O2/c1-14-6-5-7-17(10-14)11-18(21)19-12-15(2)20(8-9-22-4)16(3)13-19/h5-7,10,15-16H,8-9,11-13H2,1-4H3. The summed E-state index contributed by atoms with van der Waals surface area (Å²) in [5, 5.41) is 0. The molecule has 1 aliphatic rings. The largest absolute Gasteiger partial charge is 0.383 e. The molecule has 0 aromatic heterocycles. The Balaban J connectivity index is 1.94. The maximum atomic E-state index is 12.6. The molecule has 2 atom stereocenters. The van der Waals surface area contributed by atoms with Crippen molar-refractivity contribution in [1.29, 1.82) is 0 Å². The van der Waals surface area contributed by atoms with Gasteiger partial charge < -0.3 is 9.64 Å². The lowest BCUT2D eigenvalue weighted by atomic mass is 10.0. The molecule has 4 heteroatoms. The van der Waals surface area contributed by atoms with Gasteiger partial charge in [0.05, 0.1) is 13.0 Å². The molecule has 1 amide bonds. The van der Waals surface area contributed by atoms with E-state index in [1.165, 1.54) is 5.56 Å². The average molecular weight is 304 g/mol. The van der Waals surface area contributed by atoms with Crippen LogP contribution in [0.3, 0.4) is 0 Å². The van der Waals surface area contributed by atoms with Gasteiger partial charge in [-0.15, -0.1) is 0 Å². The molecule has 1 saturated heterocycles. The first-order valence-corrected chi connectivity index (χ1v) is 8.09. The third kappa shape index (κ3) is 4.31. The summed E-state index contributed by atoms with van der Waals surface area (Å²) in [5.74, 6) is 0.232. The lowest BCUT2D eigenvalue weighted by molar-refractivity contribution is -0.135. The quantitative estimate of drug-likeness (QED) is 0.835. The fourth-order valence-corrected chi connectivity index (χ4v) is 3.31. The van der Waals surface area contributed by atoms with Gasteiger partial charge >= 0.3 is 0 Å². The Morgan fingerprint density at radius 3 is 2.55 bits per heavy atom. The Morgan fingerprint density at radius 1 is 1.27 bits per heavy atom. The van der Waals surface area contributed by atoms with Crippen LogP contribution in [0.5, 0.6) is 0 Å². The molecule has 0 bridgehead atoms. The second-order valence-corrected chi connectivity index (χ2v) is 6.39. The Labute approximate surface area is 134 Å². The number of benzene rings is 1. The fourth-order valence-electron chi connectivity index (χ4n) is 3.31. The van der Waals surface area contributed by atoms with Crippen molar-refractivity contribution in [2.75, 3.05) is 33.4 Å². The number of carbonyl (C=O) groups excluding carboxylic acids is 1. The van der Waals surface area contributed by atoms with E-state index in [2.05, 4.69) is 37.8 Å². The van der Waals surface area contributed by atoms with E-state index in [-0.39, 0.29) is 5.91 Å². The molecule has 1 fully saturated rings. The molecule has 1 aromatic rings. The van der Waals surface area contributed by atoms with E-state index in [9.17, 15) is 4.79 Å². The highest BCUT2D eigenvalue weighted by atomic mass is 16.5. The molecular weight excluding hydrogens is 276 g/mol. The van der Waals surface area contributed by atoms with Crippen LogP contribution in [0.2, 0.25) is 0 Å². The van der Waals surface area contributed by atoms with Crippen LogP contribution in [-0.4, -0.2) is 61.1 Å². The van der Waals surface area contributed by atoms with Gasteiger partial charge in [-0.3, -0.25) is 9.69 Å². The van der Waals surface area contributed by atoms with E-state index in [0.717, 1.165) is 31.8 Å². The minimum absolute atomic E-state index is 0.232. The van der Waals surface area contributed by atoms with Gasteiger partial charge in [-0.05, 0) is 26.3 Å². The molecule has 0 saturated carbocycles. The number of hydrogen-bond donors (Lipinski definition) is 0. The molecule has 0 aliphatic carbocycles.